The van der Waals surface area contributed by atoms with Gasteiger partial charge in [-0.2, -0.15) is 0 Å². The Balaban J connectivity index is 0.921. The summed E-state index contributed by atoms with van der Waals surface area (Å²) in [7, 11) is 0. The zero-order chi connectivity index (χ0) is 41.0. The van der Waals surface area contributed by atoms with Crippen molar-refractivity contribution in [1.82, 2.24) is 19.1 Å². The normalized spacial score (nSPS) is 11.5. The average molecular weight is 791 g/mol. The Bertz CT molecular complexity index is 3620. The van der Waals surface area contributed by atoms with Crippen LogP contribution in [0.2, 0.25) is 0 Å². The van der Waals surface area contributed by atoms with E-state index >= 15 is 0 Å². The van der Waals surface area contributed by atoms with E-state index in [0.717, 1.165) is 55.4 Å². The van der Waals surface area contributed by atoms with E-state index in [1.165, 1.54) is 49.6 Å². The monoisotopic (exact) mass is 790 g/mol. The lowest BCUT2D eigenvalue weighted by molar-refractivity contribution is 0.992. The van der Waals surface area contributed by atoms with Gasteiger partial charge in [0.25, 0.3) is 0 Å². The first-order valence-electron chi connectivity index (χ1n) is 21.1. The summed E-state index contributed by atoms with van der Waals surface area (Å²) in [4.78, 5) is 10.1. The number of hydrogen-bond donors (Lipinski definition) is 0. The maximum absolute atomic E-state index is 5.22. The summed E-state index contributed by atoms with van der Waals surface area (Å²) in [5, 5.41) is 4.78. The van der Waals surface area contributed by atoms with Crippen LogP contribution >= 0.6 is 0 Å². The molecular formula is C58H38N4. The fraction of sp³-hybridized carbons (Fsp3) is 0. The number of rotatable bonds is 7. The van der Waals surface area contributed by atoms with Gasteiger partial charge in [0.15, 0.2) is 0 Å². The molecule has 0 spiro atoms. The molecule has 0 atom stereocenters. The first kappa shape index (κ1) is 35.6. The molecular weight excluding hydrogens is 753 g/mol. The molecule has 3 aromatic heterocycles. The third-order valence-corrected chi connectivity index (χ3v) is 12.2. The highest BCUT2D eigenvalue weighted by molar-refractivity contribution is 6.12. The predicted octanol–water partition coefficient (Wildman–Crippen LogP) is 15.0. The molecule has 3 heterocycles. The van der Waals surface area contributed by atoms with Gasteiger partial charge in [-0.25, -0.2) is 9.97 Å². The molecule has 0 N–H and O–H groups in total. The fourth-order valence-corrected chi connectivity index (χ4v) is 9.21. The van der Waals surface area contributed by atoms with Crippen molar-refractivity contribution in [2.75, 3.05) is 0 Å². The Morgan fingerprint density at radius 1 is 0.274 bits per heavy atom. The molecule has 0 fully saturated rings. The van der Waals surface area contributed by atoms with Crippen LogP contribution in [0.1, 0.15) is 0 Å². The van der Waals surface area contributed by atoms with Crippen LogP contribution in [-0.2, 0) is 0 Å². The molecule has 0 radical (unpaired) electrons. The van der Waals surface area contributed by atoms with Crippen molar-refractivity contribution in [1.29, 1.82) is 0 Å². The molecule has 9 aromatic carbocycles. The third kappa shape index (κ3) is 6.08. The van der Waals surface area contributed by atoms with Gasteiger partial charge < -0.3 is 4.57 Å². The molecule has 0 amide bonds. The van der Waals surface area contributed by atoms with Gasteiger partial charge in [-0.15, -0.1) is 0 Å². The molecule has 0 bridgehead atoms. The standard InChI is InChI=1S/C58H38N4/c1-3-13-39(14-4-1)41-25-27-42(28-26-41)43-17-11-19-47(35-43)53-33-34-59-58(60-53)62-55-24-10-8-22-50(55)52-38-46(30-32-57(52)62)45-29-31-56-51(37-45)49-21-7-9-23-54(49)61(56)48-20-12-18-44(36-48)40-15-5-2-6-16-40/h1-38H. The average Bonchev–Trinajstić information content (AvgIpc) is 3.87. The van der Waals surface area contributed by atoms with Crippen molar-refractivity contribution in [3.05, 3.63) is 231 Å². The molecule has 290 valence electrons. The lowest BCUT2D eigenvalue weighted by atomic mass is 9.98. The maximum atomic E-state index is 5.22. The van der Waals surface area contributed by atoms with Gasteiger partial charge in [-0.05, 0) is 105 Å². The Morgan fingerprint density at radius 2 is 0.710 bits per heavy atom. The van der Waals surface area contributed by atoms with E-state index in [1.807, 2.05) is 12.3 Å². The van der Waals surface area contributed by atoms with E-state index in [9.17, 15) is 0 Å². The Hall–Kier alpha value is -8.34. The minimum Gasteiger partial charge on any atom is -0.309 e. The van der Waals surface area contributed by atoms with Crippen molar-refractivity contribution in [2.24, 2.45) is 0 Å². The number of para-hydroxylation sites is 2. The van der Waals surface area contributed by atoms with Gasteiger partial charge in [0.2, 0.25) is 5.95 Å². The number of nitrogens with zero attached hydrogens (tertiary/aromatic N) is 4. The molecule has 62 heavy (non-hydrogen) atoms. The molecule has 0 unspecified atom stereocenters. The van der Waals surface area contributed by atoms with Gasteiger partial charge in [0.05, 0.1) is 27.8 Å². The molecule has 4 nitrogen and oxygen atoms in total. The van der Waals surface area contributed by atoms with Gasteiger partial charge in [-0.3, -0.25) is 4.57 Å². The van der Waals surface area contributed by atoms with Gasteiger partial charge in [0.1, 0.15) is 0 Å². The van der Waals surface area contributed by atoms with Crippen molar-refractivity contribution in [3.8, 4) is 67.4 Å². The summed E-state index contributed by atoms with van der Waals surface area (Å²) in [5.74, 6) is 0.643. The molecule has 4 heteroatoms. The van der Waals surface area contributed by atoms with Crippen LogP contribution in [0, 0.1) is 0 Å². The summed E-state index contributed by atoms with van der Waals surface area (Å²) in [6.07, 6.45) is 1.87. The van der Waals surface area contributed by atoms with E-state index in [0.29, 0.717) is 5.95 Å². The zero-order valence-electron chi connectivity index (χ0n) is 33.7. The first-order chi connectivity index (χ1) is 30.7. The second-order valence-electron chi connectivity index (χ2n) is 15.9. The highest BCUT2D eigenvalue weighted by atomic mass is 15.2. The zero-order valence-corrected chi connectivity index (χ0v) is 33.7. The molecule has 0 aliphatic heterocycles. The Morgan fingerprint density at radius 3 is 1.37 bits per heavy atom. The quantitative estimate of drug-likeness (QED) is 0.161. The fourth-order valence-electron chi connectivity index (χ4n) is 9.21. The number of fused-ring (bicyclic) bond motifs is 6. The minimum absolute atomic E-state index is 0.643. The molecule has 0 aliphatic carbocycles. The number of benzene rings is 9. The van der Waals surface area contributed by atoms with Crippen LogP contribution in [-0.4, -0.2) is 19.1 Å². The van der Waals surface area contributed by atoms with E-state index in [-0.39, 0.29) is 0 Å². The minimum atomic E-state index is 0.643. The number of aromatic nitrogens is 4. The lowest BCUT2D eigenvalue weighted by Gasteiger charge is -2.11. The van der Waals surface area contributed by atoms with Crippen LogP contribution < -0.4 is 0 Å². The summed E-state index contributed by atoms with van der Waals surface area (Å²) >= 11 is 0. The predicted molar refractivity (Wildman–Crippen MR) is 258 cm³/mol. The molecule has 0 saturated heterocycles. The highest BCUT2D eigenvalue weighted by Gasteiger charge is 2.18. The number of hydrogen-bond acceptors (Lipinski definition) is 2. The van der Waals surface area contributed by atoms with E-state index in [4.69, 9.17) is 9.97 Å². The van der Waals surface area contributed by atoms with Crippen molar-refractivity contribution in [3.63, 3.8) is 0 Å². The van der Waals surface area contributed by atoms with Gasteiger partial charge in [0, 0.05) is 39.0 Å². The van der Waals surface area contributed by atoms with Gasteiger partial charge >= 0.3 is 0 Å². The van der Waals surface area contributed by atoms with Crippen LogP contribution in [0.4, 0.5) is 0 Å². The highest BCUT2D eigenvalue weighted by Crippen LogP contribution is 2.39. The topological polar surface area (TPSA) is 35.6 Å². The van der Waals surface area contributed by atoms with E-state index < -0.39 is 0 Å². The summed E-state index contributed by atoms with van der Waals surface area (Å²) < 4.78 is 4.59. The van der Waals surface area contributed by atoms with Crippen LogP contribution in [0.3, 0.4) is 0 Å². The van der Waals surface area contributed by atoms with Crippen molar-refractivity contribution >= 4 is 43.6 Å². The van der Waals surface area contributed by atoms with Gasteiger partial charge in [-0.1, -0.05) is 164 Å². The molecule has 12 rings (SSSR count). The first-order valence-corrected chi connectivity index (χ1v) is 21.1. The second kappa shape index (κ2) is 14.7. The van der Waals surface area contributed by atoms with Crippen LogP contribution in [0.5, 0.6) is 0 Å². The Labute approximate surface area is 359 Å². The Kier molecular flexibility index (Phi) is 8.46. The largest absolute Gasteiger partial charge is 0.309 e. The van der Waals surface area contributed by atoms with E-state index in [2.05, 4.69) is 228 Å². The second-order valence-corrected chi connectivity index (χ2v) is 15.9. The summed E-state index contributed by atoms with van der Waals surface area (Å²) in [6, 6.07) is 80.3. The molecule has 12 aromatic rings. The van der Waals surface area contributed by atoms with Crippen LogP contribution in [0.15, 0.2) is 231 Å². The molecule has 0 aliphatic rings. The smallest absolute Gasteiger partial charge is 0.235 e. The third-order valence-electron chi connectivity index (χ3n) is 12.2. The SMILES string of the molecule is c1ccc(-c2ccc(-c3cccc(-c4ccnc(-n5c6ccccc6c6cc(-c7ccc8c(c7)c7ccccc7n8-c7cccc(-c8ccccc8)c7)ccc65)n4)c3)cc2)cc1. The molecule has 0 saturated carbocycles. The van der Waals surface area contributed by atoms with E-state index in [1.54, 1.807) is 0 Å². The van der Waals surface area contributed by atoms with Crippen molar-refractivity contribution in [2.45, 2.75) is 0 Å². The summed E-state index contributed by atoms with van der Waals surface area (Å²) in [6.45, 7) is 0. The lowest BCUT2D eigenvalue weighted by Crippen LogP contribution is -2.01. The van der Waals surface area contributed by atoms with Crippen LogP contribution in [0.25, 0.3) is 111 Å². The van der Waals surface area contributed by atoms with Crippen molar-refractivity contribution < 1.29 is 0 Å². The maximum Gasteiger partial charge on any atom is 0.235 e. The summed E-state index contributed by atoms with van der Waals surface area (Å²) in [5.41, 5.74) is 17.0.